The minimum absolute atomic E-state index is 0.0776. The van der Waals surface area contributed by atoms with Gasteiger partial charge in [-0.15, -0.1) is 0 Å². The van der Waals surface area contributed by atoms with Gasteiger partial charge < -0.3 is 4.90 Å². The average Bonchev–Trinajstić information content (AvgIpc) is 2.46. The molecule has 92 valence electrons. The number of benzene rings is 2. The smallest absolute Gasteiger partial charge is 0.231 e. The zero-order chi connectivity index (χ0) is 13.2. The predicted octanol–water partition coefficient (Wildman–Crippen LogP) is 2.65. The van der Waals surface area contributed by atoms with Crippen LogP contribution < -0.4 is 4.90 Å². The van der Waals surface area contributed by atoms with E-state index >= 15 is 0 Å². The molecule has 3 rings (SSSR count). The van der Waals surface area contributed by atoms with Gasteiger partial charge in [-0.25, -0.2) is 0 Å². The lowest BCUT2D eigenvalue weighted by molar-refractivity contribution is -0.118. The summed E-state index contributed by atoms with van der Waals surface area (Å²) in [6.45, 7) is 0.573. The summed E-state index contributed by atoms with van der Waals surface area (Å²) in [7, 11) is 0. The summed E-state index contributed by atoms with van der Waals surface area (Å²) in [4.78, 5) is 13.9. The molecule has 1 aliphatic heterocycles. The Balaban J connectivity index is 1.98. The third-order valence-corrected chi connectivity index (χ3v) is 3.38. The number of fused-ring (bicyclic) bond motifs is 1. The van der Waals surface area contributed by atoms with Crippen molar-refractivity contribution in [3.63, 3.8) is 0 Å². The van der Waals surface area contributed by atoms with Crippen molar-refractivity contribution in [1.82, 2.24) is 0 Å². The van der Waals surface area contributed by atoms with E-state index in [1.54, 1.807) is 17.0 Å². The molecule has 0 aromatic heterocycles. The molecule has 19 heavy (non-hydrogen) atoms. The molecule has 0 N–H and O–H groups in total. The lowest BCUT2D eigenvalue weighted by atomic mass is 9.98. The van der Waals surface area contributed by atoms with Crippen molar-refractivity contribution in [3.8, 4) is 6.07 Å². The Morgan fingerprint density at radius 1 is 1.05 bits per heavy atom. The number of rotatable bonds is 1. The molecule has 1 amide bonds. The van der Waals surface area contributed by atoms with Gasteiger partial charge in [0.25, 0.3) is 0 Å². The van der Waals surface area contributed by atoms with E-state index in [-0.39, 0.29) is 5.91 Å². The van der Waals surface area contributed by atoms with E-state index in [0.717, 1.165) is 11.3 Å². The van der Waals surface area contributed by atoms with Crippen molar-refractivity contribution in [1.29, 1.82) is 5.26 Å². The highest BCUT2D eigenvalue weighted by Gasteiger charge is 2.23. The third-order valence-electron chi connectivity index (χ3n) is 3.38. The second-order valence-corrected chi connectivity index (χ2v) is 4.59. The van der Waals surface area contributed by atoms with Crippen molar-refractivity contribution < 1.29 is 4.79 Å². The Hall–Kier alpha value is -2.60. The van der Waals surface area contributed by atoms with Gasteiger partial charge in [0.1, 0.15) is 0 Å². The molecule has 0 atom stereocenters. The molecule has 2 aromatic carbocycles. The molecule has 0 unspecified atom stereocenters. The standard InChI is InChI=1S/C16H12N2O/c17-10-12-4-3-7-15(8-12)18-11-14-6-2-1-5-13(14)9-16(18)19/h1-8H,9,11H2. The zero-order valence-electron chi connectivity index (χ0n) is 10.3. The first-order valence-electron chi connectivity index (χ1n) is 6.15. The second kappa shape index (κ2) is 4.58. The lowest BCUT2D eigenvalue weighted by Crippen LogP contribution is -2.36. The van der Waals surface area contributed by atoms with Crippen LogP contribution in [0.15, 0.2) is 48.5 Å². The molecule has 0 fully saturated rings. The van der Waals surface area contributed by atoms with Crippen molar-refractivity contribution in [2.24, 2.45) is 0 Å². The van der Waals surface area contributed by atoms with Crippen LogP contribution in [0.5, 0.6) is 0 Å². The number of carbonyl (C=O) groups excluding carboxylic acids is 1. The molecule has 0 aliphatic carbocycles. The lowest BCUT2D eigenvalue weighted by Gasteiger charge is -2.28. The van der Waals surface area contributed by atoms with Crippen LogP contribution in [0.4, 0.5) is 5.69 Å². The first-order valence-corrected chi connectivity index (χ1v) is 6.15. The summed E-state index contributed by atoms with van der Waals surface area (Å²) in [5.74, 6) is 0.0776. The van der Waals surface area contributed by atoms with E-state index in [9.17, 15) is 4.79 Å². The number of nitrogens with zero attached hydrogens (tertiary/aromatic N) is 2. The Morgan fingerprint density at radius 3 is 2.63 bits per heavy atom. The molecule has 0 saturated carbocycles. The van der Waals surface area contributed by atoms with Gasteiger partial charge >= 0.3 is 0 Å². The normalized spacial score (nSPS) is 13.8. The van der Waals surface area contributed by atoms with Gasteiger partial charge in [-0.2, -0.15) is 5.26 Å². The van der Waals surface area contributed by atoms with Gasteiger partial charge in [0.05, 0.1) is 24.6 Å². The highest BCUT2D eigenvalue weighted by atomic mass is 16.2. The minimum atomic E-state index is 0.0776. The fourth-order valence-electron chi connectivity index (χ4n) is 2.38. The van der Waals surface area contributed by atoms with Gasteiger partial charge in [-0.1, -0.05) is 30.3 Å². The molecule has 0 bridgehead atoms. The highest BCUT2D eigenvalue weighted by molar-refractivity contribution is 5.96. The van der Waals surface area contributed by atoms with Crippen molar-refractivity contribution in [2.45, 2.75) is 13.0 Å². The summed E-state index contributed by atoms with van der Waals surface area (Å²) in [6, 6.07) is 17.3. The SMILES string of the molecule is N#Cc1cccc(N2Cc3ccccc3CC2=O)c1. The van der Waals surface area contributed by atoms with Crippen LogP contribution >= 0.6 is 0 Å². The van der Waals surface area contributed by atoms with Crippen LogP contribution in [-0.2, 0) is 17.8 Å². The fourth-order valence-corrected chi connectivity index (χ4v) is 2.38. The van der Waals surface area contributed by atoms with Crippen LogP contribution in [-0.4, -0.2) is 5.91 Å². The molecule has 2 aromatic rings. The minimum Gasteiger partial charge on any atom is -0.308 e. The fraction of sp³-hybridized carbons (Fsp3) is 0.125. The highest BCUT2D eigenvalue weighted by Crippen LogP contribution is 2.25. The summed E-state index contributed by atoms with van der Waals surface area (Å²) < 4.78 is 0. The van der Waals surface area contributed by atoms with Crippen LogP contribution in [0.1, 0.15) is 16.7 Å². The maximum Gasteiger partial charge on any atom is 0.231 e. The van der Waals surface area contributed by atoms with Gasteiger partial charge in [-0.05, 0) is 29.3 Å². The van der Waals surface area contributed by atoms with Crippen LogP contribution in [0.3, 0.4) is 0 Å². The topological polar surface area (TPSA) is 44.1 Å². The molecule has 1 heterocycles. The molecule has 3 nitrogen and oxygen atoms in total. The largest absolute Gasteiger partial charge is 0.308 e. The van der Waals surface area contributed by atoms with Crippen LogP contribution in [0, 0.1) is 11.3 Å². The molecular formula is C16H12N2O. The van der Waals surface area contributed by atoms with Crippen molar-refractivity contribution in [3.05, 3.63) is 65.2 Å². The Labute approximate surface area is 111 Å². The van der Waals surface area contributed by atoms with Crippen molar-refractivity contribution in [2.75, 3.05) is 4.90 Å². The molecule has 0 radical (unpaired) electrons. The van der Waals surface area contributed by atoms with Gasteiger partial charge in [0, 0.05) is 5.69 Å². The molecule has 1 aliphatic rings. The first kappa shape index (κ1) is 11.5. The van der Waals surface area contributed by atoms with Gasteiger partial charge in [0.2, 0.25) is 5.91 Å². The van der Waals surface area contributed by atoms with Crippen molar-refractivity contribution >= 4 is 11.6 Å². The summed E-state index contributed by atoms with van der Waals surface area (Å²) >= 11 is 0. The number of hydrogen-bond donors (Lipinski definition) is 0. The number of amides is 1. The van der Waals surface area contributed by atoms with Gasteiger partial charge in [0.15, 0.2) is 0 Å². The molecule has 0 saturated heterocycles. The van der Waals surface area contributed by atoms with E-state index in [1.807, 2.05) is 36.4 Å². The van der Waals surface area contributed by atoms with Crippen LogP contribution in [0.25, 0.3) is 0 Å². The number of nitriles is 1. The van der Waals surface area contributed by atoms with E-state index in [1.165, 1.54) is 5.56 Å². The summed E-state index contributed by atoms with van der Waals surface area (Å²) in [5.41, 5.74) is 3.63. The molecule has 3 heteroatoms. The Morgan fingerprint density at radius 2 is 1.84 bits per heavy atom. The number of anilines is 1. The molecular weight excluding hydrogens is 236 g/mol. The number of carbonyl (C=O) groups is 1. The first-order chi connectivity index (χ1) is 9.28. The maximum atomic E-state index is 12.2. The Bertz CT molecular complexity index is 685. The zero-order valence-corrected chi connectivity index (χ0v) is 10.3. The monoisotopic (exact) mass is 248 g/mol. The van der Waals surface area contributed by atoms with E-state index < -0.39 is 0 Å². The van der Waals surface area contributed by atoms with E-state index in [2.05, 4.69) is 6.07 Å². The van der Waals surface area contributed by atoms with E-state index in [4.69, 9.17) is 5.26 Å². The van der Waals surface area contributed by atoms with Crippen LogP contribution in [0.2, 0.25) is 0 Å². The predicted molar refractivity (Wildman–Crippen MR) is 72.5 cm³/mol. The van der Waals surface area contributed by atoms with E-state index in [0.29, 0.717) is 18.5 Å². The van der Waals surface area contributed by atoms with Gasteiger partial charge in [-0.3, -0.25) is 4.79 Å². The Kier molecular flexibility index (Phi) is 2.77. The average molecular weight is 248 g/mol. The number of hydrogen-bond acceptors (Lipinski definition) is 2. The summed E-state index contributed by atoms with van der Waals surface area (Å²) in [6.07, 6.45) is 0.424. The molecule has 0 spiro atoms. The second-order valence-electron chi connectivity index (χ2n) is 4.59. The maximum absolute atomic E-state index is 12.2. The third kappa shape index (κ3) is 2.09. The summed E-state index contributed by atoms with van der Waals surface area (Å²) in [5, 5.41) is 8.93. The quantitative estimate of drug-likeness (QED) is 0.778.